The Labute approximate surface area is 136 Å². The zero-order valence-electron chi connectivity index (χ0n) is 13.9. The lowest BCUT2D eigenvalue weighted by Gasteiger charge is -2.19. The summed E-state index contributed by atoms with van der Waals surface area (Å²) in [5, 5.41) is 0. The van der Waals surface area contributed by atoms with E-state index in [0.29, 0.717) is 18.8 Å². The van der Waals surface area contributed by atoms with Crippen LogP contribution < -0.4 is 9.64 Å². The first-order valence-electron chi connectivity index (χ1n) is 8.05. The van der Waals surface area contributed by atoms with Gasteiger partial charge in [-0.15, -0.1) is 0 Å². The summed E-state index contributed by atoms with van der Waals surface area (Å²) in [6, 6.07) is 11.4. The molecule has 0 spiro atoms. The number of anilines is 1. The molecule has 1 saturated heterocycles. The molecule has 0 radical (unpaired) electrons. The Morgan fingerprint density at radius 1 is 1.04 bits per heavy atom. The third-order valence-electron chi connectivity index (χ3n) is 3.72. The maximum atomic E-state index is 13.8. The first-order chi connectivity index (χ1) is 11.1. The van der Waals surface area contributed by atoms with E-state index in [4.69, 9.17) is 4.74 Å². The molecule has 1 unspecified atom stereocenters. The van der Waals surface area contributed by atoms with Crippen LogP contribution in [0, 0.1) is 18.6 Å². The molecule has 1 heterocycles. The topological polar surface area (TPSA) is 12.5 Å². The minimum Gasteiger partial charge on any atom is -0.489 e. The Kier molecular flexibility index (Phi) is 5.97. The Morgan fingerprint density at radius 3 is 2.43 bits per heavy atom. The highest BCUT2D eigenvalue weighted by molar-refractivity contribution is 5.49. The molecule has 0 saturated carbocycles. The van der Waals surface area contributed by atoms with Crippen LogP contribution in [0.25, 0.3) is 0 Å². The summed E-state index contributed by atoms with van der Waals surface area (Å²) < 4.78 is 32.9. The van der Waals surface area contributed by atoms with Gasteiger partial charge < -0.3 is 9.64 Å². The van der Waals surface area contributed by atoms with Crippen molar-refractivity contribution in [3.8, 4) is 5.75 Å². The largest absolute Gasteiger partial charge is 0.489 e. The van der Waals surface area contributed by atoms with Crippen molar-refractivity contribution in [1.29, 1.82) is 0 Å². The van der Waals surface area contributed by atoms with Gasteiger partial charge in [-0.05, 0) is 31.2 Å². The van der Waals surface area contributed by atoms with Crippen molar-refractivity contribution in [2.45, 2.75) is 33.3 Å². The number of hydrogen-bond donors (Lipinski definition) is 0. The first-order valence-corrected chi connectivity index (χ1v) is 8.05. The molecule has 4 heteroatoms. The fourth-order valence-corrected chi connectivity index (χ4v) is 2.58. The molecule has 0 aliphatic carbocycles. The van der Waals surface area contributed by atoms with Crippen LogP contribution >= 0.6 is 0 Å². The highest BCUT2D eigenvalue weighted by atomic mass is 19.1. The standard InChI is InChI=1S/C17H17F2NO.C2H6/c1-12-2-5-14(6-3-12)21-15-8-9-20(11-15)17-10-13(18)4-7-16(17)19;1-2/h2-7,10,15H,8-9,11H2,1H3;1-2H3. The van der Waals surface area contributed by atoms with Gasteiger partial charge in [0.25, 0.3) is 0 Å². The highest BCUT2D eigenvalue weighted by Gasteiger charge is 2.26. The Morgan fingerprint density at radius 2 is 1.74 bits per heavy atom. The van der Waals surface area contributed by atoms with E-state index in [9.17, 15) is 8.78 Å². The summed E-state index contributed by atoms with van der Waals surface area (Å²) in [4.78, 5) is 1.83. The van der Waals surface area contributed by atoms with Gasteiger partial charge in [-0.1, -0.05) is 31.5 Å². The van der Waals surface area contributed by atoms with Gasteiger partial charge in [-0.2, -0.15) is 0 Å². The predicted octanol–water partition coefficient (Wildman–Crippen LogP) is 4.96. The Balaban J connectivity index is 0.000000924. The lowest BCUT2D eigenvalue weighted by molar-refractivity contribution is 0.225. The lowest BCUT2D eigenvalue weighted by atomic mass is 10.2. The second kappa shape index (κ2) is 7.95. The maximum Gasteiger partial charge on any atom is 0.146 e. The van der Waals surface area contributed by atoms with Crippen molar-refractivity contribution < 1.29 is 13.5 Å². The number of hydrogen-bond acceptors (Lipinski definition) is 2. The van der Waals surface area contributed by atoms with Crippen LogP contribution in [0.2, 0.25) is 0 Å². The van der Waals surface area contributed by atoms with E-state index in [0.717, 1.165) is 18.2 Å². The monoisotopic (exact) mass is 319 g/mol. The van der Waals surface area contributed by atoms with Crippen LogP contribution in [0.15, 0.2) is 42.5 Å². The molecule has 0 bridgehead atoms. The third kappa shape index (κ3) is 4.44. The Hall–Kier alpha value is -2.10. The van der Waals surface area contributed by atoms with Crippen LogP contribution in [0.3, 0.4) is 0 Å². The fraction of sp³-hybridized carbons (Fsp3) is 0.368. The normalized spacial score (nSPS) is 16.7. The molecule has 1 atom stereocenters. The lowest BCUT2D eigenvalue weighted by Crippen LogP contribution is -2.25. The molecule has 0 aromatic heterocycles. The zero-order chi connectivity index (χ0) is 16.8. The van der Waals surface area contributed by atoms with Crippen molar-refractivity contribution in [2.24, 2.45) is 0 Å². The summed E-state index contributed by atoms with van der Waals surface area (Å²) >= 11 is 0. The van der Waals surface area contributed by atoms with Gasteiger partial charge in [-0.25, -0.2) is 8.78 Å². The molecule has 1 aliphatic heterocycles. The molecule has 0 amide bonds. The molecule has 2 aromatic carbocycles. The van der Waals surface area contributed by atoms with Crippen LogP contribution in [-0.4, -0.2) is 19.2 Å². The van der Waals surface area contributed by atoms with Gasteiger partial charge in [0.1, 0.15) is 23.5 Å². The van der Waals surface area contributed by atoms with E-state index in [1.165, 1.54) is 17.7 Å². The third-order valence-corrected chi connectivity index (χ3v) is 3.72. The molecule has 23 heavy (non-hydrogen) atoms. The fourth-order valence-electron chi connectivity index (χ4n) is 2.58. The van der Waals surface area contributed by atoms with E-state index >= 15 is 0 Å². The molecular formula is C19H23F2NO. The number of nitrogens with zero attached hydrogens (tertiary/aromatic N) is 1. The second-order valence-corrected chi connectivity index (χ2v) is 5.38. The van der Waals surface area contributed by atoms with E-state index < -0.39 is 11.6 Å². The first kappa shape index (κ1) is 17.3. The average Bonchev–Trinajstić information content (AvgIpc) is 3.02. The number of aryl methyl sites for hydroxylation is 1. The number of halogens is 2. The number of ether oxygens (including phenoxy) is 1. The Bertz CT molecular complexity index is 628. The van der Waals surface area contributed by atoms with E-state index in [1.54, 1.807) is 0 Å². The zero-order valence-corrected chi connectivity index (χ0v) is 13.9. The van der Waals surface area contributed by atoms with Gasteiger partial charge in [0.05, 0.1) is 12.2 Å². The van der Waals surface area contributed by atoms with Crippen molar-refractivity contribution in [1.82, 2.24) is 0 Å². The van der Waals surface area contributed by atoms with E-state index in [-0.39, 0.29) is 6.10 Å². The van der Waals surface area contributed by atoms with Crippen LogP contribution in [0.4, 0.5) is 14.5 Å². The van der Waals surface area contributed by atoms with E-state index in [2.05, 4.69) is 0 Å². The van der Waals surface area contributed by atoms with Gasteiger partial charge >= 0.3 is 0 Å². The SMILES string of the molecule is CC.Cc1ccc(OC2CCN(c3cc(F)ccc3F)C2)cc1. The molecule has 1 fully saturated rings. The molecule has 124 valence electrons. The number of benzene rings is 2. The minimum absolute atomic E-state index is 0.00428. The molecule has 2 nitrogen and oxygen atoms in total. The maximum absolute atomic E-state index is 13.8. The summed E-state index contributed by atoms with van der Waals surface area (Å²) in [7, 11) is 0. The van der Waals surface area contributed by atoms with Gasteiger partial charge in [0.15, 0.2) is 0 Å². The van der Waals surface area contributed by atoms with Gasteiger partial charge in [-0.3, -0.25) is 0 Å². The van der Waals surface area contributed by atoms with Crippen molar-refractivity contribution in [3.05, 3.63) is 59.7 Å². The molecule has 2 aromatic rings. The summed E-state index contributed by atoms with van der Waals surface area (Å²) in [5.74, 6) is -0.00569. The second-order valence-electron chi connectivity index (χ2n) is 5.38. The molecule has 3 rings (SSSR count). The minimum atomic E-state index is -0.422. The molecule has 1 aliphatic rings. The van der Waals surface area contributed by atoms with Gasteiger partial charge in [0.2, 0.25) is 0 Å². The van der Waals surface area contributed by atoms with Crippen molar-refractivity contribution in [3.63, 3.8) is 0 Å². The van der Waals surface area contributed by atoms with Crippen molar-refractivity contribution >= 4 is 5.69 Å². The molecular weight excluding hydrogens is 296 g/mol. The molecule has 0 N–H and O–H groups in total. The number of rotatable bonds is 3. The van der Waals surface area contributed by atoms with Crippen LogP contribution in [-0.2, 0) is 0 Å². The van der Waals surface area contributed by atoms with E-state index in [1.807, 2.05) is 49.9 Å². The predicted molar refractivity (Wildman–Crippen MR) is 90.1 cm³/mol. The van der Waals surface area contributed by atoms with Crippen LogP contribution in [0.5, 0.6) is 5.75 Å². The average molecular weight is 319 g/mol. The summed E-state index contributed by atoms with van der Waals surface area (Å²) in [6.45, 7) is 7.25. The van der Waals surface area contributed by atoms with Gasteiger partial charge in [0, 0.05) is 19.0 Å². The summed E-state index contributed by atoms with van der Waals surface area (Å²) in [6.07, 6.45) is 0.791. The quantitative estimate of drug-likeness (QED) is 0.793. The van der Waals surface area contributed by atoms with Crippen LogP contribution in [0.1, 0.15) is 25.8 Å². The smallest absolute Gasteiger partial charge is 0.146 e. The summed E-state index contributed by atoms with van der Waals surface area (Å²) in [5.41, 5.74) is 1.49. The van der Waals surface area contributed by atoms with Crippen molar-refractivity contribution in [2.75, 3.05) is 18.0 Å². The highest BCUT2D eigenvalue weighted by Crippen LogP contribution is 2.26.